The van der Waals surface area contributed by atoms with Crippen LogP contribution in [0.25, 0.3) is 0 Å². The van der Waals surface area contributed by atoms with Gasteiger partial charge in [-0.1, -0.05) is 0 Å². The number of nitrogens with zero attached hydrogens (tertiary/aromatic N) is 3. The average Bonchev–Trinajstić information content (AvgIpc) is 2.65. The summed E-state index contributed by atoms with van der Waals surface area (Å²) < 4.78 is 5.04. The summed E-state index contributed by atoms with van der Waals surface area (Å²) in [6.07, 6.45) is 4.76. The van der Waals surface area contributed by atoms with Crippen LogP contribution in [-0.4, -0.2) is 68.2 Å². The van der Waals surface area contributed by atoms with Crippen LogP contribution in [0.3, 0.4) is 0 Å². The van der Waals surface area contributed by atoms with E-state index in [0.717, 1.165) is 44.7 Å². The quantitative estimate of drug-likeness (QED) is 0.247. The zero-order valence-corrected chi connectivity index (χ0v) is 12.1. The van der Waals surface area contributed by atoms with Gasteiger partial charge in [-0.25, -0.2) is 5.84 Å². The number of rotatable bonds is 4. The standard InChI is InChI=1S/C13H27N5O/c1-17-11-4-5-12(17)10-18(8-6-11)13(16-14)15-7-3-9-19-2/h11-12H,3-10,14H2,1-2H3,(H,15,16). The molecule has 2 aliphatic heterocycles. The van der Waals surface area contributed by atoms with Crippen molar-refractivity contribution >= 4 is 5.96 Å². The number of methoxy groups -OCH3 is 1. The van der Waals surface area contributed by atoms with E-state index in [4.69, 9.17) is 10.6 Å². The maximum absolute atomic E-state index is 5.63. The van der Waals surface area contributed by atoms with Crippen LogP contribution in [0.1, 0.15) is 25.7 Å². The molecule has 0 aromatic rings. The van der Waals surface area contributed by atoms with Gasteiger partial charge in [0.2, 0.25) is 5.96 Å². The molecular weight excluding hydrogens is 242 g/mol. The summed E-state index contributed by atoms with van der Waals surface area (Å²) in [6.45, 7) is 3.57. The van der Waals surface area contributed by atoms with Gasteiger partial charge in [0.05, 0.1) is 0 Å². The highest BCUT2D eigenvalue weighted by atomic mass is 16.5. The molecule has 2 aliphatic rings. The highest BCUT2D eigenvalue weighted by Gasteiger charge is 2.35. The summed E-state index contributed by atoms with van der Waals surface area (Å²) in [7, 11) is 3.96. The lowest BCUT2D eigenvalue weighted by Gasteiger charge is -2.28. The molecule has 6 heteroatoms. The van der Waals surface area contributed by atoms with Gasteiger partial charge in [0.15, 0.2) is 0 Å². The number of aliphatic imine (C=N–C) groups is 1. The van der Waals surface area contributed by atoms with E-state index < -0.39 is 0 Å². The van der Waals surface area contributed by atoms with Crippen molar-refractivity contribution in [1.82, 2.24) is 15.2 Å². The second-order valence-corrected chi connectivity index (χ2v) is 5.48. The van der Waals surface area contributed by atoms with E-state index in [0.29, 0.717) is 6.04 Å². The van der Waals surface area contributed by atoms with Crippen molar-refractivity contribution in [2.45, 2.75) is 37.8 Å². The minimum absolute atomic E-state index is 0.644. The fourth-order valence-corrected chi connectivity index (χ4v) is 3.13. The number of fused-ring (bicyclic) bond motifs is 2. The zero-order valence-electron chi connectivity index (χ0n) is 12.1. The van der Waals surface area contributed by atoms with Crippen LogP contribution in [-0.2, 0) is 4.74 Å². The molecule has 3 N–H and O–H groups in total. The minimum atomic E-state index is 0.644. The second-order valence-electron chi connectivity index (χ2n) is 5.48. The summed E-state index contributed by atoms with van der Waals surface area (Å²) in [4.78, 5) is 9.39. The molecule has 0 radical (unpaired) electrons. The Morgan fingerprint density at radius 1 is 1.37 bits per heavy atom. The third-order valence-corrected chi connectivity index (χ3v) is 4.35. The van der Waals surface area contributed by atoms with E-state index in [9.17, 15) is 0 Å². The van der Waals surface area contributed by atoms with Crippen molar-refractivity contribution in [2.75, 3.05) is 40.4 Å². The van der Waals surface area contributed by atoms with Crippen LogP contribution >= 0.6 is 0 Å². The highest BCUT2D eigenvalue weighted by Crippen LogP contribution is 2.28. The topological polar surface area (TPSA) is 66.1 Å². The lowest BCUT2D eigenvalue weighted by atomic mass is 10.1. The van der Waals surface area contributed by atoms with Gasteiger partial charge >= 0.3 is 0 Å². The number of nitrogens with one attached hydrogen (secondary N) is 1. The summed E-state index contributed by atoms with van der Waals surface area (Å²) in [5, 5.41) is 0. The van der Waals surface area contributed by atoms with Gasteiger partial charge in [-0.05, 0) is 32.7 Å². The van der Waals surface area contributed by atoms with Gasteiger partial charge in [-0.3, -0.25) is 15.3 Å². The number of hydrogen-bond donors (Lipinski definition) is 2. The SMILES string of the molecule is COCCCN=C(NN)N1CCC2CCC(C1)N2C. The number of ether oxygens (including phenoxy) is 1. The van der Waals surface area contributed by atoms with Crippen LogP contribution in [0.2, 0.25) is 0 Å². The number of guanidine groups is 1. The smallest absolute Gasteiger partial charge is 0.208 e. The van der Waals surface area contributed by atoms with Crippen LogP contribution in [0, 0.1) is 0 Å². The second kappa shape index (κ2) is 7.07. The highest BCUT2D eigenvalue weighted by molar-refractivity contribution is 5.79. The maximum atomic E-state index is 5.63. The monoisotopic (exact) mass is 269 g/mol. The molecule has 0 amide bonds. The van der Waals surface area contributed by atoms with Crippen molar-refractivity contribution in [3.63, 3.8) is 0 Å². The lowest BCUT2D eigenvalue weighted by Crippen LogP contribution is -2.48. The number of nitrogens with two attached hydrogens (primary N) is 1. The maximum Gasteiger partial charge on any atom is 0.208 e. The van der Waals surface area contributed by atoms with E-state index in [1.54, 1.807) is 7.11 Å². The van der Waals surface area contributed by atoms with E-state index in [2.05, 4.69) is 27.3 Å². The third kappa shape index (κ3) is 3.58. The van der Waals surface area contributed by atoms with E-state index >= 15 is 0 Å². The van der Waals surface area contributed by atoms with Crippen LogP contribution < -0.4 is 11.3 Å². The van der Waals surface area contributed by atoms with E-state index in [1.807, 2.05) is 0 Å². The van der Waals surface area contributed by atoms with Gasteiger partial charge in [0.25, 0.3) is 0 Å². The fraction of sp³-hybridized carbons (Fsp3) is 0.923. The molecule has 2 atom stereocenters. The molecule has 2 rings (SSSR count). The molecule has 110 valence electrons. The number of hydrogen-bond acceptors (Lipinski definition) is 4. The minimum Gasteiger partial charge on any atom is -0.385 e. The Morgan fingerprint density at radius 3 is 2.89 bits per heavy atom. The molecule has 2 unspecified atom stereocenters. The molecule has 19 heavy (non-hydrogen) atoms. The predicted molar refractivity (Wildman–Crippen MR) is 76.9 cm³/mol. The van der Waals surface area contributed by atoms with Crippen LogP contribution in [0.5, 0.6) is 0 Å². The number of likely N-dealkylation sites (tertiary alicyclic amines) is 1. The first kappa shape index (κ1) is 14.6. The molecule has 0 aromatic heterocycles. The van der Waals surface area contributed by atoms with Gasteiger partial charge in [-0.2, -0.15) is 0 Å². The Kier molecular flexibility index (Phi) is 5.42. The van der Waals surface area contributed by atoms with Gasteiger partial charge in [0.1, 0.15) is 0 Å². The van der Waals surface area contributed by atoms with Crippen molar-refractivity contribution < 1.29 is 4.74 Å². The molecule has 0 aromatic carbocycles. The van der Waals surface area contributed by atoms with Crippen molar-refractivity contribution in [3.05, 3.63) is 0 Å². The molecule has 0 saturated carbocycles. The first-order chi connectivity index (χ1) is 9.26. The summed E-state index contributed by atoms with van der Waals surface area (Å²) in [6, 6.07) is 1.38. The Balaban J connectivity index is 1.91. The van der Waals surface area contributed by atoms with Crippen molar-refractivity contribution in [1.29, 1.82) is 0 Å². The summed E-state index contributed by atoms with van der Waals surface area (Å²) in [5.41, 5.74) is 2.77. The Bertz CT molecular complexity index is 309. The largest absolute Gasteiger partial charge is 0.385 e. The van der Waals surface area contributed by atoms with Crippen LogP contribution in [0.15, 0.2) is 4.99 Å². The molecule has 0 aliphatic carbocycles. The van der Waals surface area contributed by atoms with Crippen molar-refractivity contribution in [2.24, 2.45) is 10.8 Å². The average molecular weight is 269 g/mol. The summed E-state index contributed by atoms with van der Waals surface area (Å²) in [5.74, 6) is 6.47. The Hall–Kier alpha value is -0.850. The normalized spacial score (nSPS) is 28.6. The van der Waals surface area contributed by atoms with E-state index in [-0.39, 0.29) is 0 Å². The predicted octanol–water partition coefficient (Wildman–Crippen LogP) is 0.0107. The van der Waals surface area contributed by atoms with Crippen molar-refractivity contribution in [3.8, 4) is 0 Å². The lowest BCUT2D eigenvalue weighted by molar-refractivity contribution is 0.196. The van der Waals surface area contributed by atoms with Gasteiger partial charge in [0, 0.05) is 45.4 Å². The van der Waals surface area contributed by atoms with Gasteiger partial charge in [-0.15, -0.1) is 0 Å². The molecule has 2 bridgehead atoms. The first-order valence-electron chi connectivity index (χ1n) is 7.23. The Morgan fingerprint density at radius 2 is 2.16 bits per heavy atom. The number of likely N-dealkylation sites (N-methyl/N-ethyl adjacent to an activating group) is 1. The molecule has 2 heterocycles. The molecule has 0 spiro atoms. The van der Waals surface area contributed by atoms with Gasteiger partial charge < -0.3 is 9.64 Å². The molecular formula is C13H27N5O. The fourth-order valence-electron chi connectivity index (χ4n) is 3.13. The third-order valence-electron chi connectivity index (χ3n) is 4.35. The molecule has 6 nitrogen and oxygen atoms in total. The Labute approximate surface area is 115 Å². The molecule has 2 saturated heterocycles. The molecule has 2 fully saturated rings. The summed E-state index contributed by atoms with van der Waals surface area (Å²) >= 11 is 0. The first-order valence-corrected chi connectivity index (χ1v) is 7.23. The van der Waals surface area contributed by atoms with E-state index in [1.165, 1.54) is 19.3 Å². The number of hydrazine groups is 1. The zero-order chi connectivity index (χ0) is 13.7. The van der Waals surface area contributed by atoms with Crippen LogP contribution in [0.4, 0.5) is 0 Å².